The maximum absolute atomic E-state index is 12.5. The minimum Gasteiger partial charge on any atom is -0.481 e. The molecule has 8 unspecified atom stereocenters. The number of carbonyl (C=O) groups excluding carboxylic acids is 1. The molecule has 6 nitrogen and oxygen atoms in total. The van der Waals surface area contributed by atoms with Gasteiger partial charge in [-0.05, 0) is 50.4 Å². The molecule has 1 N–H and O–H groups in total. The van der Waals surface area contributed by atoms with Crippen LogP contribution < -0.4 is 0 Å². The lowest BCUT2D eigenvalue weighted by Crippen LogP contribution is -2.44. The average Bonchev–Trinajstić information content (AvgIpc) is 3.50. The number of hydrogen-bond donors (Lipinski definition) is 1. The van der Waals surface area contributed by atoms with Gasteiger partial charge < -0.3 is 19.3 Å². The van der Waals surface area contributed by atoms with Crippen LogP contribution in [0.4, 0.5) is 0 Å². The van der Waals surface area contributed by atoms with Crippen LogP contribution >= 0.6 is 0 Å². The number of hydrogen-bond acceptors (Lipinski definition) is 5. The molecule has 4 aliphatic rings. The van der Waals surface area contributed by atoms with Crippen LogP contribution in [0.3, 0.4) is 0 Å². The van der Waals surface area contributed by atoms with Crippen LogP contribution in [0.5, 0.6) is 0 Å². The van der Waals surface area contributed by atoms with Gasteiger partial charge in [-0.2, -0.15) is 0 Å². The van der Waals surface area contributed by atoms with Crippen LogP contribution in [0.25, 0.3) is 0 Å². The summed E-state index contributed by atoms with van der Waals surface area (Å²) in [5.74, 6) is 0.680. The van der Waals surface area contributed by atoms with Gasteiger partial charge in [-0.1, -0.05) is 13.8 Å². The van der Waals surface area contributed by atoms with E-state index in [-0.39, 0.29) is 18.5 Å². The highest BCUT2D eigenvalue weighted by Gasteiger charge is 2.55. The first-order valence-corrected chi connectivity index (χ1v) is 10.6. The predicted molar refractivity (Wildman–Crippen MR) is 97.1 cm³/mol. The second-order valence-corrected chi connectivity index (χ2v) is 9.21. The maximum atomic E-state index is 12.5. The normalized spacial score (nSPS) is 43.2. The summed E-state index contributed by atoms with van der Waals surface area (Å²) >= 11 is 0. The predicted octanol–water partition coefficient (Wildman–Crippen LogP) is 3.17. The molecular weight excluding hydrogens is 348 g/mol. The lowest BCUT2D eigenvalue weighted by Gasteiger charge is -2.41. The molecular formula is C21H32O6. The summed E-state index contributed by atoms with van der Waals surface area (Å²) in [6, 6.07) is 0. The van der Waals surface area contributed by atoms with Gasteiger partial charge in [-0.3, -0.25) is 9.59 Å². The topological polar surface area (TPSA) is 88.7 Å². The second kappa shape index (κ2) is 7.70. The van der Waals surface area contributed by atoms with Crippen LogP contribution in [0.15, 0.2) is 0 Å². The van der Waals surface area contributed by atoms with E-state index in [1.165, 1.54) is 0 Å². The zero-order chi connectivity index (χ0) is 19.1. The smallest absolute Gasteiger partial charge is 0.306 e. The molecule has 2 aliphatic carbocycles. The molecule has 0 aromatic rings. The fraction of sp³-hybridized carbons (Fsp3) is 0.905. The van der Waals surface area contributed by atoms with Crippen molar-refractivity contribution < 1.29 is 28.9 Å². The average molecular weight is 380 g/mol. The number of carbonyl (C=O) groups is 2. The summed E-state index contributed by atoms with van der Waals surface area (Å²) in [5.41, 5.74) is 0. The van der Waals surface area contributed by atoms with Gasteiger partial charge in [0.1, 0.15) is 6.10 Å². The maximum Gasteiger partial charge on any atom is 0.306 e. The molecule has 0 aromatic carbocycles. The van der Waals surface area contributed by atoms with Crippen LogP contribution in [0.1, 0.15) is 65.2 Å². The van der Waals surface area contributed by atoms with Gasteiger partial charge in [0.05, 0.1) is 24.4 Å². The SMILES string of the molecule is CC1CC2OC2CC1C(OC(=O)CCCCC(=O)O)C1CC2OC2CC1C. The Morgan fingerprint density at radius 2 is 1.37 bits per heavy atom. The molecule has 6 heteroatoms. The molecule has 2 aliphatic heterocycles. The molecule has 4 rings (SSSR count). The number of ether oxygens (including phenoxy) is 3. The highest BCUT2D eigenvalue weighted by molar-refractivity contribution is 5.70. The number of aliphatic carboxylic acids is 1. The molecule has 0 aromatic heterocycles. The molecule has 0 amide bonds. The Hall–Kier alpha value is -1.14. The summed E-state index contributed by atoms with van der Waals surface area (Å²) in [4.78, 5) is 23.2. The van der Waals surface area contributed by atoms with Crippen molar-refractivity contribution >= 4 is 11.9 Å². The summed E-state index contributed by atoms with van der Waals surface area (Å²) < 4.78 is 17.6. The lowest BCUT2D eigenvalue weighted by atomic mass is 9.68. The molecule has 8 atom stereocenters. The molecule has 2 heterocycles. The van der Waals surface area contributed by atoms with E-state index in [0.29, 0.717) is 67.3 Å². The summed E-state index contributed by atoms with van der Waals surface area (Å²) in [7, 11) is 0. The molecule has 4 fully saturated rings. The number of epoxide rings is 2. The number of esters is 1. The largest absolute Gasteiger partial charge is 0.481 e. The first kappa shape index (κ1) is 19.2. The molecule has 152 valence electrons. The van der Waals surface area contributed by atoms with E-state index in [2.05, 4.69) is 13.8 Å². The first-order valence-electron chi connectivity index (χ1n) is 10.6. The van der Waals surface area contributed by atoms with E-state index in [0.717, 1.165) is 25.7 Å². The second-order valence-electron chi connectivity index (χ2n) is 9.21. The highest BCUT2D eigenvalue weighted by Crippen LogP contribution is 2.50. The lowest BCUT2D eigenvalue weighted by molar-refractivity contribution is -0.160. The third kappa shape index (κ3) is 4.48. The number of fused-ring (bicyclic) bond motifs is 2. The van der Waals surface area contributed by atoms with Gasteiger partial charge in [-0.25, -0.2) is 0 Å². The van der Waals surface area contributed by atoms with E-state index < -0.39 is 5.97 Å². The minimum atomic E-state index is -0.814. The van der Waals surface area contributed by atoms with Gasteiger partial charge in [0.15, 0.2) is 0 Å². The Kier molecular flexibility index (Phi) is 5.48. The first-order chi connectivity index (χ1) is 12.9. The third-order valence-corrected chi connectivity index (χ3v) is 7.19. The molecule has 2 saturated carbocycles. The molecule has 27 heavy (non-hydrogen) atoms. The Morgan fingerprint density at radius 3 is 1.89 bits per heavy atom. The third-order valence-electron chi connectivity index (χ3n) is 7.19. The van der Waals surface area contributed by atoms with E-state index in [9.17, 15) is 9.59 Å². The summed E-state index contributed by atoms with van der Waals surface area (Å²) in [5, 5.41) is 8.74. The van der Waals surface area contributed by atoms with Crippen molar-refractivity contribution in [3.05, 3.63) is 0 Å². The summed E-state index contributed by atoms with van der Waals surface area (Å²) in [6.07, 6.45) is 7.07. The molecule has 0 radical (unpaired) electrons. The monoisotopic (exact) mass is 380 g/mol. The van der Waals surface area contributed by atoms with Crippen molar-refractivity contribution in [3.63, 3.8) is 0 Å². The van der Waals surface area contributed by atoms with Gasteiger partial charge in [0, 0.05) is 24.7 Å². The number of carboxylic acid groups (broad SMARTS) is 1. The fourth-order valence-corrected chi connectivity index (χ4v) is 5.44. The van der Waals surface area contributed by atoms with Gasteiger partial charge in [0.2, 0.25) is 0 Å². The zero-order valence-corrected chi connectivity index (χ0v) is 16.3. The number of rotatable bonds is 8. The summed E-state index contributed by atoms with van der Waals surface area (Å²) in [6.45, 7) is 4.53. The van der Waals surface area contributed by atoms with Crippen molar-refractivity contribution in [2.75, 3.05) is 0 Å². The van der Waals surface area contributed by atoms with E-state index in [1.807, 2.05) is 0 Å². The highest BCUT2D eigenvalue weighted by atomic mass is 16.6. The Labute approximate surface area is 160 Å². The van der Waals surface area contributed by atoms with Crippen molar-refractivity contribution in [2.24, 2.45) is 23.7 Å². The van der Waals surface area contributed by atoms with Crippen LogP contribution in [-0.4, -0.2) is 47.6 Å². The minimum absolute atomic E-state index is 0.0720. The van der Waals surface area contributed by atoms with Crippen LogP contribution in [0, 0.1) is 23.7 Å². The standard InChI is InChI=1S/C21H32O6/c1-11-7-15-17(25-15)9-13(11)21(14-10-18-16(26-18)8-12(14)2)27-20(24)6-4-3-5-19(22)23/h11-18,21H,3-10H2,1-2H3,(H,22,23). The number of carboxylic acids is 1. The molecule has 2 saturated heterocycles. The molecule has 0 spiro atoms. The van der Waals surface area contributed by atoms with E-state index in [1.54, 1.807) is 0 Å². The van der Waals surface area contributed by atoms with Gasteiger partial charge >= 0.3 is 11.9 Å². The van der Waals surface area contributed by atoms with Crippen LogP contribution in [-0.2, 0) is 23.8 Å². The van der Waals surface area contributed by atoms with E-state index >= 15 is 0 Å². The fourth-order valence-electron chi connectivity index (χ4n) is 5.44. The van der Waals surface area contributed by atoms with Crippen LogP contribution in [0.2, 0.25) is 0 Å². The van der Waals surface area contributed by atoms with Gasteiger partial charge in [-0.15, -0.1) is 0 Å². The van der Waals surface area contributed by atoms with Crippen molar-refractivity contribution in [1.82, 2.24) is 0 Å². The Bertz CT molecular complexity index is 545. The zero-order valence-electron chi connectivity index (χ0n) is 16.3. The van der Waals surface area contributed by atoms with Crippen molar-refractivity contribution in [1.29, 1.82) is 0 Å². The Balaban J connectivity index is 1.39. The van der Waals surface area contributed by atoms with Crippen molar-refractivity contribution in [3.8, 4) is 0 Å². The quantitative estimate of drug-likeness (QED) is 0.395. The van der Waals surface area contributed by atoms with E-state index in [4.69, 9.17) is 19.3 Å². The molecule has 0 bridgehead atoms. The van der Waals surface area contributed by atoms with Crippen molar-refractivity contribution in [2.45, 2.75) is 95.7 Å². The number of unbranched alkanes of at least 4 members (excludes halogenated alkanes) is 1. The van der Waals surface area contributed by atoms with Gasteiger partial charge in [0.25, 0.3) is 0 Å². The Morgan fingerprint density at radius 1 is 0.889 bits per heavy atom.